The van der Waals surface area contributed by atoms with E-state index in [4.69, 9.17) is 5.11 Å². The van der Waals surface area contributed by atoms with Crippen molar-refractivity contribution in [1.29, 1.82) is 0 Å². The van der Waals surface area contributed by atoms with Crippen molar-refractivity contribution in [1.82, 2.24) is 5.32 Å². The molecule has 0 fully saturated rings. The highest BCUT2D eigenvalue weighted by Crippen LogP contribution is 2.23. The number of amides is 1. The molecule has 154 valence electrons. The first kappa shape index (κ1) is 21.8. The number of benzene rings is 2. The van der Waals surface area contributed by atoms with E-state index in [1.807, 2.05) is 0 Å². The Kier molecular flexibility index (Phi) is 8.50. The molecule has 2 aromatic carbocycles. The zero-order valence-corrected chi connectivity index (χ0v) is 18.1. The SMILES string of the molecule is O=C(O)CCSSCCC(=O)NCc1cc2ccc1CCc1ccc(cc1)CC2. The van der Waals surface area contributed by atoms with Crippen LogP contribution in [-0.2, 0) is 41.8 Å². The van der Waals surface area contributed by atoms with Crippen LogP contribution in [0.5, 0.6) is 0 Å². The Labute approximate surface area is 180 Å². The minimum atomic E-state index is -0.781. The number of carbonyl (C=O) groups excluding carboxylic acids is 1. The van der Waals surface area contributed by atoms with Gasteiger partial charge in [0.05, 0.1) is 6.42 Å². The molecule has 0 heterocycles. The summed E-state index contributed by atoms with van der Waals surface area (Å²) < 4.78 is 0. The summed E-state index contributed by atoms with van der Waals surface area (Å²) in [5, 5.41) is 11.7. The van der Waals surface area contributed by atoms with Gasteiger partial charge in [-0.1, -0.05) is 64.1 Å². The quantitative estimate of drug-likeness (QED) is 0.456. The Morgan fingerprint density at radius 1 is 0.828 bits per heavy atom. The molecule has 0 radical (unpaired) electrons. The van der Waals surface area contributed by atoms with Crippen LogP contribution in [0.3, 0.4) is 0 Å². The van der Waals surface area contributed by atoms with Gasteiger partial charge in [0.25, 0.3) is 0 Å². The molecule has 0 atom stereocenters. The van der Waals surface area contributed by atoms with Crippen molar-refractivity contribution in [2.75, 3.05) is 11.5 Å². The lowest BCUT2D eigenvalue weighted by Gasteiger charge is -2.15. The van der Waals surface area contributed by atoms with E-state index < -0.39 is 5.97 Å². The van der Waals surface area contributed by atoms with Gasteiger partial charge in [-0.15, -0.1) is 0 Å². The van der Waals surface area contributed by atoms with Gasteiger partial charge in [-0.25, -0.2) is 0 Å². The molecule has 0 saturated carbocycles. The smallest absolute Gasteiger partial charge is 0.304 e. The summed E-state index contributed by atoms with van der Waals surface area (Å²) in [6.45, 7) is 0.566. The molecule has 6 heteroatoms. The highest BCUT2D eigenvalue weighted by molar-refractivity contribution is 8.76. The Bertz CT molecular complexity index is 837. The fraction of sp³-hybridized carbons (Fsp3) is 0.391. The summed E-state index contributed by atoms with van der Waals surface area (Å²) in [5.74, 6) is 0.527. The number of carboxylic acid groups (broad SMARTS) is 1. The van der Waals surface area contributed by atoms with Crippen LogP contribution in [0, 0.1) is 0 Å². The van der Waals surface area contributed by atoms with Crippen molar-refractivity contribution in [3.63, 3.8) is 0 Å². The maximum absolute atomic E-state index is 12.2. The summed E-state index contributed by atoms with van der Waals surface area (Å²) in [4.78, 5) is 22.7. The van der Waals surface area contributed by atoms with Gasteiger partial charge < -0.3 is 10.4 Å². The minimum Gasteiger partial charge on any atom is -0.481 e. The highest BCUT2D eigenvalue weighted by atomic mass is 33.1. The molecule has 4 aliphatic rings. The standard InChI is InChI=1S/C23H27NO3S2/c25-22(11-13-28-29-14-12-23(26)27)24-16-21-15-19-6-5-17-1-3-18(4-2-17)7-9-20(21)10-8-19/h1-4,8,10,15H,5-7,9,11-14,16H2,(H,24,25)(H,26,27). The fourth-order valence-corrected chi connectivity index (χ4v) is 5.32. The first-order chi connectivity index (χ1) is 14.1. The van der Waals surface area contributed by atoms with E-state index in [2.05, 4.69) is 47.8 Å². The zero-order chi connectivity index (χ0) is 20.5. The second-order valence-electron chi connectivity index (χ2n) is 7.23. The molecule has 6 rings (SSSR count). The van der Waals surface area contributed by atoms with Crippen LogP contribution in [0.4, 0.5) is 0 Å². The van der Waals surface area contributed by atoms with Gasteiger partial charge in [0.1, 0.15) is 0 Å². The lowest BCUT2D eigenvalue weighted by Crippen LogP contribution is -2.23. The molecule has 1 amide bonds. The Morgan fingerprint density at radius 2 is 1.41 bits per heavy atom. The van der Waals surface area contributed by atoms with Gasteiger partial charge in [0.15, 0.2) is 0 Å². The van der Waals surface area contributed by atoms with Crippen molar-refractivity contribution in [3.8, 4) is 0 Å². The number of hydrogen-bond donors (Lipinski definition) is 2. The number of nitrogens with one attached hydrogen (secondary N) is 1. The monoisotopic (exact) mass is 429 g/mol. The average molecular weight is 430 g/mol. The van der Waals surface area contributed by atoms with Gasteiger partial charge in [-0.2, -0.15) is 0 Å². The van der Waals surface area contributed by atoms with E-state index >= 15 is 0 Å². The number of carbonyl (C=O) groups is 2. The largest absolute Gasteiger partial charge is 0.481 e. The second kappa shape index (κ2) is 11.3. The van der Waals surface area contributed by atoms with Gasteiger partial charge in [0.2, 0.25) is 5.91 Å². The van der Waals surface area contributed by atoms with E-state index in [0.717, 1.165) is 25.7 Å². The molecule has 2 N–H and O–H groups in total. The molecule has 0 saturated heterocycles. The van der Waals surface area contributed by atoms with Gasteiger partial charge in [-0.05, 0) is 53.5 Å². The van der Waals surface area contributed by atoms with Crippen LogP contribution in [0.25, 0.3) is 0 Å². The predicted octanol–water partition coefficient (Wildman–Crippen LogP) is 4.43. The topological polar surface area (TPSA) is 66.4 Å². The van der Waals surface area contributed by atoms with Crippen molar-refractivity contribution in [2.45, 2.75) is 45.1 Å². The van der Waals surface area contributed by atoms with Crippen molar-refractivity contribution < 1.29 is 14.7 Å². The van der Waals surface area contributed by atoms with Crippen LogP contribution < -0.4 is 5.32 Å². The fourth-order valence-electron chi connectivity index (χ4n) is 3.35. The first-order valence-corrected chi connectivity index (χ1v) is 12.5. The van der Waals surface area contributed by atoms with E-state index in [1.165, 1.54) is 38.6 Å². The van der Waals surface area contributed by atoms with Crippen molar-refractivity contribution in [2.24, 2.45) is 0 Å². The maximum atomic E-state index is 12.2. The summed E-state index contributed by atoms with van der Waals surface area (Å²) in [5.41, 5.74) is 6.55. The molecular formula is C23H27NO3S2. The lowest BCUT2D eigenvalue weighted by molar-refractivity contribution is -0.136. The van der Waals surface area contributed by atoms with Crippen molar-refractivity contribution in [3.05, 3.63) is 70.3 Å². The summed E-state index contributed by atoms with van der Waals surface area (Å²) in [6.07, 6.45) is 4.62. The van der Waals surface area contributed by atoms with E-state index in [-0.39, 0.29) is 12.3 Å². The molecule has 29 heavy (non-hydrogen) atoms. The number of aryl methyl sites for hydroxylation is 4. The van der Waals surface area contributed by atoms with Crippen LogP contribution in [0.2, 0.25) is 0 Å². The number of carboxylic acids is 1. The maximum Gasteiger partial charge on any atom is 0.304 e. The van der Waals surface area contributed by atoms with Crippen LogP contribution in [-0.4, -0.2) is 28.5 Å². The minimum absolute atomic E-state index is 0.0451. The molecule has 0 unspecified atom stereocenters. The number of hydrogen-bond acceptors (Lipinski definition) is 4. The van der Waals surface area contributed by atoms with Gasteiger partial charge in [-0.3, -0.25) is 9.59 Å². The number of aliphatic carboxylic acids is 1. The Balaban J connectivity index is 1.50. The number of rotatable bonds is 9. The van der Waals surface area contributed by atoms with E-state index in [1.54, 1.807) is 10.8 Å². The molecule has 4 aliphatic carbocycles. The second-order valence-corrected chi connectivity index (χ2v) is 9.94. The summed E-state index contributed by atoms with van der Waals surface area (Å²) in [6, 6.07) is 15.6. The third-order valence-electron chi connectivity index (χ3n) is 5.05. The third kappa shape index (κ3) is 7.44. The average Bonchev–Trinajstić information content (AvgIpc) is 2.71. The molecule has 0 aliphatic heterocycles. The molecule has 4 nitrogen and oxygen atoms in total. The lowest BCUT2D eigenvalue weighted by atomic mass is 9.93. The Morgan fingerprint density at radius 3 is 2.10 bits per heavy atom. The summed E-state index contributed by atoms with van der Waals surface area (Å²) >= 11 is 0. The molecular weight excluding hydrogens is 402 g/mol. The predicted molar refractivity (Wildman–Crippen MR) is 121 cm³/mol. The zero-order valence-electron chi connectivity index (χ0n) is 16.5. The van der Waals surface area contributed by atoms with E-state index in [9.17, 15) is 9.59 Å². The van der Waals surface area contributed by atoms with Gasteiger partial charge >= 0.3 is 5.97 Å². The van der Waals surface area contributed by atoms with Crippen LogP contribution in [0.15, 0.2) is 42.5 Å². The first-order valence-electron chi connectivity index (χ1n) is 10.0. The normalized spacial score (nSPS) is 13.0. The Hall–Kier alpha value is -1.92. The van der Waals surface area contributed by atoms with Gasteiger partial charge in [0, 0.05) is 24.5 Å². The molecule has 0 aromatic heterocycles. The van der Waals surface area contributed by atoms with Crippen LogP contribution >= 0.6 is 21.6 Å². The van der Waals surface area contributed by atoms with Crippen molar-refractivity contribution >= 4 is 33.5 Å². The molecule has 0 spiro atoms. The van der Waals surface area contributed by atoms with Crippen LogP contribution in [0.1, 0.15) is 40.7 Å². The van der Waals surface area contributed by atoms with E-state index in [0.29, 0.717) is 24.5 Å². The third-order valence-corrected chi connectivity index (χ3v) is 7.46. The molecule has 2 aromatic rings. The molecule has 4 bridgehead atoms. The highest BCUT2D eigenvalue weighted by Gasteiger charge is 2.09. The summed E-state index contributed by atoms with van der Waals surface area (Å²) in [7, 11) is 3.07.